The predicted molar refractivity (Wildman–Crippen MR) is 58.2 cm³/mol. The van der Waals surface area contributed by atoms with E-state index in [0.29, 0.717) is 12.2 Å². The summed E-state index contributed by atoms with van der Waals surface area (Å²) in [5.41, 5.74) is 0.462. The van der Waals surface area contributed by atoms with Gasteiger partial charge in [0.25, 0.3) is 0 Å². The molecule has 3 heteroatoms. The predicted octanol–water partition coefficient (Wildman–Crippen LogP) is 1.89. The largest absolute Gasteiger partial charge is 0.462 e. The number of carbonyl (C=O) groups excluding carboxylic acids is 1. The fourth-order valence-corrected chi connectivity index (χ4v) is 0.912. The fraction of sp³-hybridized carbons (Fsp3) is 0.727. The number of hydrogen-bond acceptors (Lipinski definition) is 3. The van der Waals surface area contributed by atoms with E-state index in [1.807, 2.05) is 0 Å². The van der Waals surface area contributed by atoms with E-state index in [9.17, 15) is 4.79 Å². The standard InChI is InChI=1S/C11H21NO2/c1-4-5-7-12-8-6-9-14-11(13)10(2)3/h12H,2,4-9H2,1,3H3. The molecule has 0 radical (unpaired) electrons. The number of esters is 1. The Labute approximate surface area is 86.5 Å². The Hall–Kier alpha value is -0.830. The van der Waals surface area contributed by atoms with Crippen molar-refractivity contribution in [2.75, 3.05) is 19.7 Å². The minimum Gasteiger partial charge on any atom is -0.462 e. The molecule has 0 aliphatic carbocycles. The van der Waals surface area contributed by atoms with Gasteiger partial charge < -0.3 is 10.1 Å². The highest BCUT2D eigenvalue weighted by Gasteiger charge is 2.01. The van der Waals surface area contributed by atoms with Gasteiger partial charge in [-0.3, -0.25) is 0 Å². The van der Waals surface area contributed by atoms with Gasteiger partial charge in [0.2, 0.25) is 0 Å². The van der Waals surface area contributed by atoms with Crippen molar-refractivity contribution >= 4 is 5.97 Å². The topological polar surface area (TPSA) is 38.3 Å². The maximum Gasteiger partial charge on any atom is 0.333 e. The van der Waals surface area contributed by atoms with Crippen LogP contribution in [0.15, 0.2) is 12.2 Å². The molecule has 0 aromatic rings. The molecule has 0 amide bonds. The highest BCUT2D eigenvalue weighted by molar-refractivity contribution is 5.86. The summed E-state index contributed by atoms with van der Waals surface area (Å²) in [4.78, 5) is 10.9. The SMILES string of the molecule is C=C(C)C(=O)OCCCNCCCC. The smallest absolute Gasteiger partial charge is 0.333 e. The molecule has 0 saturated carbocycles. The molecule has 0 fully saturated rings. The fourth-order valence-electron chi connectivity index (χ4n) is 0.912. The zero-order valence-corrected chi connectivity index (χ0v) is 9.27. The molecule has 0 heterocycles. The molecule has 3 nitrogen and oxygen atoms in total. The van der Waals surface area contributed by atoms with Crippen LogP contribution in [-0.4, -0.2) is 25.7 Å². The third-order valence-electron chi connectivity index (χ3n) is 1.79. The van der Waals surface area contributed by atoms with E-state index in [1.165, 1.54) is 12.8 Å². The highest BCUT2D eigenvalue weighted by atomic mass is 16.5. The molecule has 0 atom stereocenters. The number of hydrogen-bond donors (Lipinski definition) is 1. The summed E-state index contributed by atoms with van der Waals surface area (Å²) < 4.78 is 4.93. The van der Waals surface area contributed by atoms with Gasteiger partial charge in [-0.2, -0.15) is 0 Å². The number of carbonyl (C=O) groups is 1. The summed E-state index contributed by atoms with van der Waals surface area (Å²) >= 11 is 0. The molecule has 0 rings (SSSR count). The van der Waals surface area contributed by atoms with Gasteiger partial charge in [-0.25, -0.2) is 4.79 Å². The second-order valence-corrected chi connectivity index (χ2v) is 3.37. The monoisotopic (exact) mass is 199 g/mol. The first kappa shape index (κ1) is 13.2. The van der Waals surface area contributed by atoms with Crippen molar-refractivity contribution in [3.05, 3.63) is 12.2 Å². The molecule has 0 aromatic carbocycles. The number of ether oxygens (including phenoxy) is 1. The molecule has 0 aromatic heterocycles. The minimum absolute atomic E-state index is 0.293. The van der Waals surface area contributed by atoms with Crippen LogP contribution in [0, 0.1) is 0 Å². The molecule has 0 spiro atoms. The highest BCUT2D eigenvalue weighted by Crippen LogP contribution is 1.92. The van der Waals surface area contributed by atoms with Crippen LogP contribution in [0.5, 0.6) is 0 Å². The van der Waals surface area contributed by atoms with Crippen LogP contribution in [0.2, 0.25) is 0 Å². The van der Waals surface area contributed by atoms with Gasteiger partial charge in [0.05, 0.1) is 6.61 Å². The zero-order valence-electron chi connectivity index (χ0n) is 9.27. The first-order valence-electron chi connectivity index (χ1n) is 5.21. The summed E-state index contributed by atoms with van der Waals surface area (Å²) in [6.07, 6.45) is 3.27. The van der Waals surface area contributed by atoms with Crippen molar-refractivity contribution in [1.82, 2.24) is 5.32 Å². The maximum atomic E-state index is 10.9. The van der Waals surface area contributed by atoms with E-state index in [1.54, 1.807) is 6.92 Å². The molecular weight excluding hydrogens is 178 g/mol. The van der Waals surface area contributed by atoms with Gasteiger partial charge in [-0.1, -0.05) is 19.9 Å². The summed E-state index contributed by atoms with van der Waals surface area (Å²) in [5.74, 6) is -0.293. The van der Waals surface area contributed by atoms with Crippen molar-refractivity contribution in [2.24, 2.45) is 0 Å². The quantitative estimate of drug-likeness (QED) is 0.368. The van der Waals surface area contributed by atoms with Crippen LogP contribution in [0.4, 0.5) is 0 Å². The second kappa shape index (κ2) is 8.75. The summed E-state index contributed by atoms with van der Waals surface area (Å²) in [6, 6.07) is 0. The van der Waals surface area contributed by atoms with E-state index in [2.05, 4.69) is 18.8 Å². The first-order valence-corrected chi connectivity index (χ1v) is 5.21. The molecule has 0 bridgehead atoms. The third kappa shape index (κ3) is 7.80. The molecule has 82 valence electrons. The van der Waals surface area contributed by atoms with Crippen molar-refractivity contribution in [2.45, 2.75) is 33.1 Å². The Balaban J connectivity index is 3.13. The third-order valence-corrected chi connectivity index (χ3v) is 1.79. The van der Waals surface area contributed by atoms with E-state index < -0.39 is 0 Å². The molecule has 0 unspecified atom stereocenters. The Kier molecular flexibility index (Phi) is 8.24. The van der Waals surface area contributed by atoms with Crippen LogP contribution >= 0.6 is 0 Å². The average Bonchev–Trinajstić information content (AvgIpc) is 2.16. The molecular formula is C11H21NO2. The average molecular weight is 199 g/mol. The summed E-state index contributed by atoms with van der Waals surface area (Å²) in [6.45, 7) is 9.75. The number of unbranched alkanes of at least 4 members (excludes halogenated alkanes) is 1. The maximum absolute atomic E-state index is 10.9. The van der Waals surface area contributed by atoms with Crippen molar-refractivity contribution < 1.29 is 9.53 Å². The van der Waals surface area contributed by atoms with Gasteiger partial charge in [0.15, 0.2) is 0 Å². The van der Waals surface area contributed by atoms with Crippen LogP contribution in [0.25, 0.3) is 0 Å². The van der Waals surface area contributed by atoms with Crippen molar-refractivity contribution in [1.29, 1.82) is 0 Å². The van der Waals surface area contributed by atoms with Gasteiger partial charge in [-0.05, 0) is 32.9 Å². The Morgan fingerprint density at radius 3 is 2.57 bits per heavy atom. The Bertz CT molecular complexity index is 178. The van der Waals surface area contributed by atoms with E-state index >= 15 is 0 Å². The zero-order chi connectivity index (χ0) is 10.8. The van der Waals surface area contributed by atoms with E-state index in [0.717, 1.165) is 19.5 Å². The van der Waals surface area contributed by atoms with Crippen molar-refractivity contribution in [3.63, 3.8) is 0 Å². The van der Waals surface area contributed by atoms with Crippen LogP contribution in [0.3, 0.4) is 0 Å². The minimum atomic E-state index is -0.293. The number of nitrogens with one attached hydrogen (secondary N) is 1. The lowest BCUT2D eigenvalue weighted by Crippen LogP contribution is -2.18. The molecule has 14 heavy (non-hydrogen) atoms. The first-order chi connectivity index (χ1) is 6.68. The van der Waals surface area contributed by atoms with Crippen LogP contribution in [0.1, 0.15) is 33.1 Å². The normalized spacial score (nSPS) is 9.86. The van der Waals surface area contributed by atoms with E-state index in [4.69, 9.17) is 4.74 Å². The second-order valence-electron chi connectivity index (χ2n) is 3.37. The molecule has 1 N–H and O–H groups in total. The van der Waals surface area contributed by atoms with Crippen LogP contribution < -0.4 is 5.32 Å². The molecule has 0 saturated heterocycles. The lowest BCUT2D eigenvalue weighted by atomic mass is 10.3. The van der Waals surface area contributed by atoms with Gasteiger partial charge in [0.1, 0.15) is 0 Å². The lowest BCUT2D eigenvalue weighted by Gasteiger charge is -2.05. The van der Waals surface area contributed by atoms with Gasteiger partial charge in [-0.15, -0.1) is 0 Å². The Morgan fingerprint density at radius 2 is 2.00 bits per heavy atom. The van der Waals surface area contributed by atoms with Gasteiger partial charge >= 0.3 is 5.97 Å². The summed E-state index contributed by atoms with van der Waals surface area (Å²) in [5, 5.41) is 3.28. The lowest BCUT2D eigenvalue weighted by molar-refractivity contribution is -0.139. The van der Waals surface area contributed by atoms with E-state index in [-0.39, 0.29) is 5.97 Å². The number of rotatable bonds is 8. The summed E-state index contributed by atoms with van der Waals surface area (Å²) in [7, 11) is 0. The van der Waals surface area contributed by atoms with Crippen molar-refractivity contribution in [3.8, 4) is 0 Å². The van der Waals surface area contributed by atoms with Gasteiger partial charge in [0, 0.05) is 5.57 Å². The van der Waals surface area contributed by atoms with Crippen LogP contribution in [-0.2, 0) is 9.53 Å². The molecule has 0 aliphatic rings. The Morgan fingerprint density at radius 1 is 1.36 bits per heavy atom. The molecule has 0 aliphatic heterocycles.